The van der Waals surface area contributed by atoms with Crippen LogP contribution in [0.3, 0.4) is 0 Å². The van der Waals surface area contributed by atoms with E-state index in [0.29, 0.717) is 6.54 Å². The molecule has 3 N–H and O–H groups in total. The van der Waals surface area contributed by atoms with E-state index < -0.39 is 12.0 Å². The quantitative estimate of drug-likeness (QED) is 0.515. The molecule has 0 heterocycles. The van der Waals surface area contributed by atoms with Crippen LogP contribution in [0.4, 0.5) is 4.79 Å². The second kappa shape index (κ2) is 11.2. The summed E-state index contributed by atoms with van der Waals surface area (Å²) in [6.45, 7) is 2.47. The normalized spacial score (nSPS) is 9.94. The van der Waals surface area contributed by atoms with Gasteiger partial charge in [0.15, 0.2) is 0 Å². The van der Waals surface area contributed by atoms with Crippen LogP contribution in [-0.4, -0.2) is 30.2 Å². The van der Waals surface area contributed by atoms with Gasteiger partial charge < -0.3 is 15.7 Å². The number of aliphatic carboxylic acids is 1. The molecule has 100 valence electrons. The van der Waals surface area contributed by atoms with E-state index in [9.17, 15) is 9.59 Å². The third kappa shape index (κ3) is 12.7. The summed E-state index contributed by atoms with van der Waals surface area (Å²) in [5, 5.41) is 13.2. The van der Waals surface area contributed by atoms with Crippen molar-refractivity contribution < 1.29 is 14.7 Å². The highest BCUT2D eigenvalue weighted by molar-refractivity contribution is 5.79. The van der Waals surface area contributed by atoms with Crippen molar-refractivity contribution in [3.63, 3.8) is 0 Å². The molecule has 0 radical (unpaired) electrons. The van der Waals surface area contributed by atoms with Crippen molar-refractivity contribution in [3.8, 4) is 0 Å². The molecule has 0 aromatic carbocycles. The fourth-order valence-corrected chi connectivity index (χ4v) is 1.50. The van der Waals surface area contributed by atoms with Gasteiger partial charge >= 0.3 is 12.0 Å². The van der Waals surface area contributed by atoms with Crippen LogP contribution in [0.2, 0.25) is 0 Å². The number of nitrogens with one attached hydrogen (secondary N) is 2. The van der Waals surface area contributed by atoms with Crippen LogP contribution in [0.5, 0.6) is 0 Å². The van der Waals surface area contributed by atoms with Crippen molar-refractivity contribution >= 4 is 12.0 Å². The first kappa shape index (κ1) is 15.7. The minimum absolute atomic E-state index is 0.331. The van der Waals surface area contributed by atoms with Crippen LogP contribution in [0.1, 0.15) is 51.9 Å². The zero-order valence-corrected chi connectivity index (χ0v) is 10.6. The first-order valence-corrected chi connectivity index (χ1v) is 6.40. The molecule has 0 atom stereocenters. The van der Waals surface area contributed by atoms with E-state index in [2.05, 4.69) is 17.6 Å². The van der Waals surface area contributed by atoms with Crippen LogP contribution < -0.4 is 10.6 Å². The Kier molecular flexibility index (Phi) is 10.4. The fraction of sp³-hybridized carbons (Fsp3) is 0.833. The van der Waals surface area contributed by atoms with Crippen LogP contribution in [0.25, 0.3) is 0 Å². The Balaban J connectivity index is 3.16. The molecule has 0 saturated heterocycles. The molecule has 0 bridgehead atoms. The summed E-state index contributed by atoms with van der Waals surface area (Å²) in [7, 11) is 0. The van der Waals surface area contributed by atoms with Gasteiger partial charge in [-0.2, -0.15) is 0 Å². The van der Waals surface area contributed by atoms with E-state index in [4.69, 9.17) is 5.11 Å². The first-order valence-electron chi connectivity index (χ1n) is 6.40. The molecule has 0 unspecified atom stereocenters. The minimum Gasteiger partial charge on any atom is -0.480 e. The predicted octanol–water partition coefficient (Wildman–Crippen LogP) is 2.12. The maximum Gasteiger partial charge on any atom is 0.323 e. The third-order valence-electron chi connectivity index (χ3n) is 2.47. The molecule has 17 heavy (non-hydrogen) atoms. The van der Waals surface area contributed by atoms with Gasteiger partial charge in [-0.1, -0.05) is 45.4 Å². The van der Waals surface area contributed by atoms with E-state index in [1.165, 1.54) is 32.1 Å². The number of urea groups is 1. The number of carboxylic acids is 1. The molecule has 0 rings (SSSR count). The van der Waals surface area contributed by atoms with E-state index in [0.717, 1.165) is 12.8 Å². The average molecular weight is 244 g/mol. The van der Waals surface area contributed by atoms with Crippen LogP contribution in [0, 0.1) is 0 Å². The molecule has 2 amide bonds. The highest BCUT2D eigenvalue weighted by Crippen LogP contribution is 2.06. The molecular weight excluding hydrogens is 220 g/mol. The second-order valence-corrected chi connectivity index (χ2v) is 4.12. The number of carbonyl (C=O) groups excluding carboxylic acids is 1. The van der Waals surface area contributed by atoms with E-state index >= 15 is 0 Å². The van der Waals surface area contributed by atoms with Gasteiger partial charge in [0.05, 0.1) is 0 Å². The molecule has 5 heteroatoms. The fourth-order valence-electron chi connectivity index (χ4n) is 1.50. The number of unbranched alkanes of at least 4 members (excludes halogenated alkanes) is 6. The minimum atomic E-state index is -1.03. The van der Waals surface area contributed by atoms with Crippen molar-refractivity contribution in [2.24, 2.45) is 0 Å². The number of hydrogen-bond acceptors (Lipinski definition) is 2. The summed E-state index contributed by atoms with van der Waals surface area (Å²) in [6, 6.07) is -0.404. The zero-order valence-electron chi connectivity index (χ0n) is 10.6. The monoisotopic (exact) mass is 244 g/mol. The van der Waals surface area contributed by atoms with Gasteiger partial charge in [-0.15, -0.1) is 0 Å². The Hall–Kier alpha value is -1.26. The lowest BCUT2D eigenvalue weighted by molar-refractivity contribution is -0.135. The predicted molar refractivity (Wildman–Crippen MR) is 67.0 cm³/mol. The smallest absolute Gasteiger partial charge is 0.323 e. The van der Waals surface area contributed by atoms with Crippen molar-refractivity contribution in [3.05, 3.63) is 0 Å². The maximum atomic E-state index is 11.0. The molecule has 0 aliphatic carbocycles. The second-order valence-electron chi connectivity index (χ2n) is 4.12. The largest absolute Gasteiger partial charge is 0.480 e. The lowest BCUT2D eigenvalue weighted by atomic mass is 10.1. The summed E-state index contributed by atoms with van der Waals surface area (Å²) in [4.78, 5) is 21.2. The number of carboxylic acid groups (broad SMARTS) is 1. The maximum absolute atomic E-state index is 11.0. The van der Waals surface area contributed by atoms with Crippen LogP contribution >= 0.6 is 0 Å². The zero-order chi connectivity index (χ0) is 12.9. The van der Waals surface area contributed by atoms with Gasteiger partial charge in [0.2, 0.25) is 0 Å². The summed E-state index contributed by atoms with van der Waals surface area (Å²) >= 11 is 0. The molecule has 0 fully saturated rings. The molecule has 0 aromatic heterocycles. The number of amides is 2. The summed E-state index contributed by atoms with van der Waals surface area (Å²) in [5.41, 5.74) is 0. The molecular formula is C12H24N2O3. The molecule has 0 aliphatic rings. The van der Waals surface area contributed by atoms with Gasteiger partial charge in [-0.3, -0.25) is 4.79 Å². The molecule has 0 aliphatic heterocycles. The standard InChI is InChI=1S/C12H24N2O3/c1-2-3-4-5-6-7-8-9-13-12(17)14-10-11(15)16/h2-10H2,1H3,(H,15,16)(H2,13,14,17). The van der Waals surface area contributed by atoms with Gasteiger partial charge in [-0.05, 0) is 6.42 Å². The van der Waals surface area contributed by atoms with E-state index in [1.807, 2.05) is 0 Å². The van der Waals surface area contributed by atoms with Gasteiger partial charge in [0, 0.05) is 6.54 Å². The number of rotatable bonds is 10. The van der Waals surface area contributed by atoms with Crippen LogP contribution in [0.15, 0.2) is 0 Å². The Morgan fingerprint density at radius 2 is 1.53 bits per heavy atom. The topological polar surface area (TPSA) is 78.4 Å². The Bertz CT molecular complexity index is 220. The Labute approximate surface area is 103 Å². The highest BCUT2D eigenvalue weighted by Gasteiger charge is 2.01. The Morgan fingerprint density at radius 1 is 0.941 bits per heavy atom. The summed E-state index contributed by atoms with van der Waals surface area (Å²) in [6.07, 6.45) is 8.39. The van der Waals surface area contributed by atoms with Crippen molar-refractivity contribution in [2.45, 2.75) is 51.9 Å². The van der Waals surface area contributed by atoms with Gasteiger partial charge in [0.25, 0.3) is 0 Å². The highest BCUT2D eigenvalue weighted by atomic mass is 16.4. The number of hydrogen-bond donors (Lipinski definition) is 3. The Morgan fingerprint density at radius 3 is 2.12 bits per heavy atom. The van der Waals surface area contributed by atoms with Crippen molar-refractivity contribution in [1.29, 1.82) is 0 Å². The van der Waals surface area contributed by atoms with Gasteiger partial charge in [-0.25, -0.2) is 4.79 Å². The van der Waals surface area contributed by atoms with Crippen LogP contribution in [-0.2, 0) is 4.79 Å². The molecule has 0 saturated carbocycles. The van der Waals surface area contributed by atoms with Crippen molar-refractivity contribution in [1.82, 2.24) is 10.6 Å². The number of carbonyl (C=O) groups is 2. The third-order valence-corrected chi connectivity index (χ3v) is 2.47. The summed E-state index contributed by atoms with van der Waals surface area (Å²) < 4.78 is 0. The lowest BCUT2D eigenvalue weighted by Crippen LogP contribution is -2.38. The molecule has 5 nitrogen and oxygen atoms in total. The SMILES string of the molecule is CCCCCCCCCNC(=O)NCC(=O)O. The lowest BCUT2D eigenvalue weighted by Gasteiger charge is -2.05. The van der Waals surface area contributed by atoms with E-state index in [-0.39, 0.29) is 6.54 Å². The average Bonchev–Trinajstić information content (AvgIpc) is 2.30. The molecule has 0 spiro atoms. The molecule has 0 aromatic rings. The first-order chi connectivity index (χ1) is 8.16. The van der Waals surface area contributed by atoms with Gasteiger partial charge in [0.1, 0.15) is 6.54 Å². The van der Waals surface area contributed by atoms with E-state index in [1.54, 1.807) is 0 Å². The summed E-state index contributed by atoms with van der Waals surface area (Å²) in [5.74, 6) is -1.03. The van der Waals surface area contributed by atoms with Crippen molar-refractivity contribution in [2.75, 3.05) is 13.1 Å².